The molecule has 4 heteroatoms. The molecule has 1 fully saturated rings. The normalized spacial score (nSPS) is 24.1. The lowest BCUT2D eigenvalue weighted by molar-refractivity contribution is 0.0955. The minimum absolute atomic E-state index is 0.622. The van der Waals surface area contributed by atoms with E-state index in [0.29, 0.717) is 18.0 Å². The first-order valence-electron chi connectivity index (χ1n) is 8.42. The van der Waals surface area contributed by atoms with Gasteiger partial charge in [0, 0.05) is 50.7 Å². The maximum atomic E-state index is 4.32. The van der Waals surface area contributed by atoms with E-state index in [1.54, 1.807) is 0 Å². The highest BCUT2D eigenvalue weighted by Gasteiger charge is 2.29. The maximum Gasteiger partial charge on any atom is 0.105 e. The van der Waals surface area contributed by atoms with Crippen molar-refractivity contribution >= 4 is 0 Å². The number of imidazole rings is 1. The lowest BCUT2D eigenvalue weighted by Crippen LogP contribution is -2.58. The average molecular weight is 292 g/mol. The van der Waals surface area contributed by atoms with Crippen molar-refractivity contribution in [2.75, 3.05) is 19.6 Å². The Balaban J connectivity index is 1.97. The van der Waals surface area contributed by atoms with E-state index in [-0.39, 0.29) is 0 Å². The van der Waals surface area contributed by atoms with Gasteiger partial charge in [0.1, 0.15) is 5.82 Å². The fraction of sp³-hybridized carbons (Fsp3) is 0.824. The van der Waals surface area contributed by atoms with Crippen LogP contribution in [0.1, 0.15) is 39.9 Å². The second-order valence-electron chi connectivity index (χ2n) is 7.20. The zero-order valence-electron chi connectivity index (χ0n) is 14.3. The molecular formula is C17H32N4. The van der Waals surface area contributed by atoms with Crippen molar-refractivity contribution in [3.05, 3.63) is 18.2 Å². The van der Waals surface area contributed by atoms with Crippen LogP contribution in [0.2, 0.25) is 0 Å². The van der Waals surface area contributed by atoms with Crippen molar-refractivity contribution < 1.29 is 0 Å². The summed E-state index contributed by atoms with van der Waals surface area (Å²) < 4.78 is 2.26. The van der Waals surface area contributed by atoms with Crippen molar-refractivity contribution in [1.82, 2.24) is 19.8 Å². The fourth-order valence-electron chi connectivity index (χ4n) is 3.26. The quantitative estimate of drug-likeness (QED) is 0.874. The van der Waals surface area contributed by atoms with Gasteiger partial charge in [0.05, 0.1) is 0 Å². The number of piperazine rings is 1. The predicted octanol–water partition coefficient (Wildman–Crippen LogP) is 2.54. The zero-order chi connectivity index (χ0) is 15.4. The van der Waals surface area contributed by atoms with Gasteiger partial charge in [-0.05, 0) is 25.2 Å². The van der Waals surface area contributed by atoms with E-state index >= 15 is 0 Å². The molecule has 1 N–H and O–H groups in total. The first-order valence-corrected chi connectivity index (χ1v) is 8.42. The third kappa shape index (κ3) is 4.55. The number of rotatable bonds is 6. The van der Waals surface area contributed by atoms with Gasteiger partial charge in [0.2, 0.25) is 0 Å². The van der Waals surface area contributed by atoms with Gasteiger partial charge >= 0.3 is 0 Å². The number of nitrogens with zero attached hydrogens (tertiary/aromatic N) is 3. The van der Waals surface area contributed by atoms with Crippen molar-refractivity contribution in [2.24, 2.45) is 11.8 Å². The van der Waals surface area contributed by atoms with Crippen molar-refractivity contribution in [2.45, 2.75) is 59.7 Å². The Morgan fingerprint density at radius 1 is 1.29 bits per heavy atom. The standard InChI is InChI=1S/C17H32N4/c1-13(2)10-16-11-19-17(14(3)4)12-21(16)9-8-20-7-6-18-15(20)5/h6-7,13-14,16-17,19H,8-12H2,1-5H3. The van der Waals surface area contributed by atoms with E-state index in [1.165, 1.54) is 13.0 Å². The number of aromatic nitrogens is 2. The summed E-state index contributed by atoms with van der Waals surface area (Å²) in [6.45, 7) is 15.8. The summed E-state index contributed by atoms with van der Waals surface area (Å²) in [5.74, 6) is 2.57. The largest absolute Gasteiger partial charge is 0.334 e. The predicted molar refractivity (Wildman–Crippen MR) is 88.4 cm³/mol. The Hall–Kier alpha value is -0.870. The average Bonchev–Trinajstić information content (AvgIpc) is 2.82. The van der Waals surface area contributed by atoms with Crippen molar-refractivity contribution in [3.63, 3.8) is 0 Å². The topological polar surface area (TPSA) is 33.1 Å². The van der Waals surface area contributed by atoms with Gasteiger partial charge in [-0.25, -0.2) is 4.98 Å². The van der Waals surface area contributed by atoms with Crippen molar-refractivity contribution in [3.8, 4) is 0 Å². The van der Waals surface area contributed by atoms with Crippen molar-refractivity contribution in [1.29, 1.82) is 0 Å². The van der Waals surface area contributed by atoms with E-state index in [2.05, 4.69) is 60.6 Å². The third-order valence-electron chi connectivity index (χ3n) is 4.66. The molecule has 0 bridgehead atoms. The number of aryl methyl sites for hydroxylation is 1. The molecule has 1 aromatic rings. The second kappa shape index (κ2) is 7.41. The number of nitrogens with one attached hydrogen (secondary N) is 1. The molecule has 0 aliphatic carbocycles. The van der Waals surface area contributed by atoms with E-state index in [9.17, 15) is 0 Å². The fourth-order valence-corrected chi connectivity index (χ4v) is 3.26. The molecule has 1 aliphatic heterocycles. The zero-order valence-corrected chi connectivity index (χ0v) is 14.3. The number of hydrogen-bond acceptors (Lipinski definition) is 3. The summed E-state index contributed by atoms with van der Waals surface area (Å²) in [6.07, 6.45) is 5.27. The highest BCUT2D eigenvalue weighted by molar-refractivity contribution is 4.91. The molecule has 1 aromatic heterocycles. The van der Waals surface area contributed by atoms with Crippen LogP contribution in [0.25, 0.3) is 0 Å². The molecule has 1 aliphatic rings. The summed E-state index contributed by atoms with van der Waals surface area (Å²) in [5.41, 5.74) is 0. The summed E-state index contributed by atoms with van der Waals surface area (Å²) in [6, 6.07) is 1.29. The molecular weight excluding hydrogens is 260 g/mol. The smallest absolute Gasteiger partial charge is 0.105 e. The molecule has 2 heterocycles. The molecule has 0 aromatic carbocycles. The highest BCUT2D eigenvalue weighted by atomic mass is 15.2. The molecule has 0 radical (unpaired) electrons. The van der Waals surface area contributed by atoms with Crippen LogP contribution in [0.15, 0.2) is 12.4 Å². The van der Waals surface area contributed by atoms with E-state index < -0.39 is 0 Å². The van der Waals surface area contributed by atoms with Gasteiger partial charge < -0.3 is 9.88 Å². The Morgan fingerprint density at radius 2 is 2.05 bits per heavy atom. The van der Waals surface area contributed by atoms with Crippen LogP contribution in [-0.4, -0.2) is 46.2 Å². The third-order valence-corrected chi connectivity index (χ3v) is 4.66. The van der Waals surface area contributed by atoms with Gasteiger partial charge in [0.15, 0.2) is 0 Å². The van der Waals surface area contributed by atoms with Crippen LogP contribution in [0.3, 0.4) is 0 Å². The summed E-state index contributed by atoms with van der Waals surface area (Å²) in [7, 11) is 0. The lowest BCUT2D eigenvalue weighted by atomic mass is 9.95. The molecule has 0 amide bonds. The highest BCUT2D eigenvalue weighted by Crippen LogP contribution is 2.18. The van der Waals surface area contributed by atoms with Crippen LogP contribution < -0.4 is 5.32 Å². The SMILES string of the molecule is Cc1nccn1CCN1CC(C(C)C)NCC1CC(C)C. The first-order chi connectivity index (χ1) is 9.97. The molecule has 0 saturated carbocycles. The van der Waals surface area contributed by atoms with Gasteiger partial charge in [-0.1, -0.05) is 27.7 Å². The molecule has 1 saturated heterocycles. The minimum Gasteiger partial charge on any atom is -0.334 e. The van der Waals surface area contributed by atoms with Crippen LogP contribution in [0, 0.1) is 18.8 Å². The molecule has 2 rings (SSSR count). The molecule has 120 valence electrons. The van der Waals surface area contributed by atoms with Crippen LogP contribution >= 0.6 is 0 Å². The molecule has 2 atom stereocenters. The Kier molecular flexibility index (Phi) is 5.82. The lowest BCUT2D eigenvalue weighted by Gasteiger charge is -2.42. The Bertz CT molecular complexity index is 424. The summed E-state index contributed by atoms with van der Waals surface area (Å²) in [4.78, 5) is 7.02. The van der Waals surface area contributed by atoms with E-state index in [0.717, 1.165) is 31.4 Å². The van der Waals surface area contributed by atoms with Crippen LogP contribution in [-0.2, 0) is 6.54 Å². The molecule has 0 spiro atoms. The van der Waals surface area contributed by atoms with E-state index in [4.69, 9.17) is 0 Å². The Morgan fingerprint density at radius 3 is 2.62 bits per heavy atom. The van der Waals surface area contributed by atoms with Gasteiger partial charge in [-0.15, -0.1) is 0 Å². The van der Waals surface area contributed by atoms with Gasteiger partial charge in [-0.2, -0.15) is 0 Å². The molecule has 2 unspecified atom stereocenters. The summed E-state index contributed by atoms with van der Waals surface area (Å²) in [5, 5.41) is 3.75. The summed E-state index contributed by atoms with van der Waals surface area (Å²) >= 11 is 0. The van der Waals surface area contributed by atoms with Crippen LogP contribution in [0.5, 0.6) is 0 Å². The Labute approximate surface area is 129 Å². The minimum atomic E-state index is 0.622. The monoisotopic (exact) mass is 292 g/mol. The van der Waals surface area contributed by atoms with E-state index in [1.807, 2.05) is 6.20 Å². The molecule has 4 nitrogen and oxygen atoms in total. The second-order valence-corrected chi connectivity index (χ2v) is 7.20. The molecule has 21 heavy (non-hydrogen) atoms. The van der Waals surface area contributed by atoms with Gasteiger partial charge in [0.25, 0.3) is 0 Å². The number of hydrogen-bond donors (Lipinski definition) is 1. The van der Waals surface area contributed by atoms with Gasteiger partial charge in [-0.3, -0.25) is 4.90 Å². The first kappa shape index (κ1) is 16.5. The van der Waals surface area contributed by atoms with Crippen LogP contribution in [0.4, 0.5) is 0 Å². The maximum absolute atomic E-state index is 4.32.